The zero-order valence-corrected chi connectivity index (χ0v) is 11.5. The lowest BCUT2D eigenvalue weighted by Gasteiger charge is -2.05. The first-order valence-corrected chi connectivity index (χ1v) is 6.92. The summed E-state index contributed by atoms with van der Waals surface area (Å²) >= 11 is 0. The number of nitriles is 1. The zero-order chi connectivity index (χ0) is 14.5. The number of nitrogens with zero attached hydrogens (tertiary/aromatic N) is 2. The van der Waals surface area contributed by atoms with Gasteiger partial charge in [-0.2, -0.15) is 5.26 Å². The molecule has 2 aromatic carbocycles. The largest absolute Gasteiger partial charge is 0.494 e. The molecule has 21 heavy (non-hydrogen) atoms. The molecule has 0 aliphatic rings. The first kappa shape index (κ1) is 13.2. The van der Waals surface area contributed by atoms with E-state index in [0.29, 0.717) is 13.0 Å². The Labute approximate surface area is 123 Å². The minimum Gasteiger partial charge on any atom is -0.494 e. The molecular weight excluding hydrogens is 262 g/mol. The van der Waals surface area contributed by atoms with Crippen LogP contribution in [0.3, 0.4) is 0 Å². The second kappa shape index (κ2) is 6.10. The van der Waals surface area contributed by atoms with Crippen molar-refractivity contribution in [3.63, 3.8) is 0 Å². The Morgan fingerprint density at radius 3 is 2.90 bits per heavy atom. The van der Waals surface area contributed by atoms with Crippen LogP contribution in [0.2, 0.25) is 0 Å². The van der Waals surface area contributed by atoms with Gasteiger partial charge < -0.3 is 9.72 Å². The van der Waals surface area contributed by atoms with Gasteiger partial charge in [-0.3, -0.25) is 0 Å². The minimum atomic E-state index is 0.517. The quantitative estimate of drug-likeness (QED) is 0.719. The molecule has 1 heterocycles. The molecule has 0 spiro atoms. The second-order valence-corrected chi connectivity index (χ2v) is 4.74. The molecule has 0 bridgehead atoms. The molecule has 0 radical (unpaired) electrons. The van der Waals surface area contributed by atoms with Crippen molar-refractivity contribution in [3.05, 3.63) is 48.5 Å². The first-order chi connectivity index (χ1) is 10.4. The molecule has 0 amide bonds. The summed E-state index contributed by atoms with van der Waals surface area (Å²) in [6.45, 7) is 0.553. The molecule has 4 heteroatoms. The smallest absolute Gasteiger partial charge is 0.138 e. The maximum absolute atomic E-state index is 8.51. The number of hydrogen-bond donors (Lipinski definition) is 1. The van der Waals surface area contributed by atoms with Gasteiger partial charge in [0.05, 0.1) is 23.7 Å². The van der Waals surface area contributed by atoms with Gasteiger partial charge in [0.2, 0.25) is 0 Å². The number of aromatic amines is 1. The summed E-state index contributed by atoms with van der Waals surface area (Å²) < 4.78 is 5.65. The van der Waals surface area contributed by atoms with E-state index in [-0.39, 0.29) is 0 Å². The van der Waals surface area contributed by atoms with Crippen molar-refractivity contribution in [2.24, 2.45) is 0 Å². The highest BCUT2D eigenvalue weighted by atomic mass is 16.5. The fourth-order valence-corrected chi connectivity index (χ4v) is 2.16. The van der Waals surface area contributed by atoms with E-state index in [4.69, 9.17) is 10.00 Å². The van der Waals surface area contributed by atoms with Gasteiger partial charge in [-0.05, 0) is 30.7 Å². The summed E-state index contributed by atoms with van der Waals surface area (Å²) in [6.07, 6.45) is 1.26. The van der Waals surface area contributed by atoms with Crippen LogP contribution in [0.15, 0.2) is 48.5 Å². The lowest BCUT2D eigenvalue weighted by molar-refractivity contribution is 0.313. The average molecular weight is 277 g/mol. The summed E-state index contributed by atoms with van der Waals surface area (Å²) in [5.41, 5.74) is 2.96. The number of imidazole rings is 1. The van der Waals surface area contributed by atoms with Crippen LogP contribution in [-0.2, 0) is 0 Å². The summed E-state index contributed by atoms with van der Waals surface area (Å²) in [4.78, 5) is 7.89. The normalized spacial score (nSPS) is 10.4. The van der Waals surface area contributed by atoms with Gasteiger partial charge in [0.15, 0.2) is 0 Å². The lowest BCUT2D eigenvalue weighted by atomic mass is 10.2. The maximum atomic E-state index is 8.51. The SMILES string of the molecule is N#CCCCOc1cccc(-c2nc3ccccc3[nH]2)c1. The van der Waals surface area contributed by atoms with Crippen molar-refractivity contribution >= 4 is 11.0 Å². The molecule has 1 N–H and O–H groups in total. The van der Waals surface area contributed by atoms with Crippen LogP contribution in [0, 0.1) is 11.3 Å². The highest BCUT2D eigenvalue weighted by Gasteiger charge is 2.05. The number of hydrogen-bond acceptors (Lipinski definition) is 3. The van der Waals surface area contributed by atoms with Crippen LogP contribution in [-0.4, -0.2) is 16.6 Å². The first-order valence-electron chi connectivity index (χ1n) is 6.92. The van der Waals surface area contributed by atoms with Crippen molar-refractivity contribution in [1.82, 2.24) is 9.97 Å². The standard InChI is InChI=1S/C17H15N3O/c18-10-3-4-11-21-14-7-5-6-13(12-14)17-19-15-8-1-2-9-16(15)20-17/h1-2,5-9,12H,3-4,11H2,(H,19,20). The van der Waals surface area contributed by atoms with E-state index in [1.54, 1.807) is 0 Å². The van der Waals surface area contributed by atoms with Crippen LogP contribution in [0.5, 0.6) is 5.75 Å². The fourth-order valence-electron chi connectivity index (χ4n) is 2.16. The minimum absolute atomic E-state index is 0.517. The van der Waals surface area contributed by atoms with Gasteiger partial charge in [0.25, 0.3) is 0 Å². The molecule has 3 rings (SSSR count). The van der Waals surface area contributed by atoms with Crippen molar-refractivity contribution in [2.45, 2.75) is 12.8 Å². The van der Waals surface area contributed by atoms with E-state index in [9.17, 15) is 0 Å². The van der Waals surface area contributed by atoms with Gasteiger partial charge in [0.1, 0.15) is 11.6 Å². The molecule has 0 aliphatic heterocycles. The van der Waals surface area contributed by atoms with E-state index < -0.39 is 0 Å². The Balaban J connectivity index is 1.80. The van der Waals surface area contributed by atoms with Crippen molar-refractivity contribution < 1.29 is 4.74 Å². The monoisotopic (exact) mass is 277 g/mol. The second-order valence-electron chi connectivity index (χ2n) is 4.74. The Hall–Kier alpha value is -2.80. The van der Waals surface area contributed by atoms with Crippen molar-refractivity contribution in [1.29, 1.82) is 5.26 Å². The number of unbranched alkanes of at least 4 members (excludes halogenated alkanes) is 1. The van der Waals surface area contributed by atoms with Gasteiger partial charge in [-0.15, -0.1) is 0 Å². The Kier molecular flexibility index (Phi) is 3.83. The fraction of sp³-hybridized carbons (Fsp3) is 0.176. The molecule has 0 unspecified atom stereocenters. The number of ether oxygens (including phenoxy) is 1. The molecule has 3 aromatic rings. The van der Waals surface area contributed by atoms with Gasteiger partial charge in [-0.25, -0.2) is 4.98 Å². The number of rotatable bonds is 5. The highest BCUT2D eigenvalue weighted by Crippen LogP contribution is 2.24. The molecule has 0 atom stereocenters. The van der Waals surface area contributed by atoms with E-state index >= 15 is 0 Å². The molecule has 0 saturated heterocycles. The van der Waals surface area contributed by atoms with Crippen LogP contribution in [0.1, 0.15) is 12.8 Å². The number of nitrogens with one attached hydrogen (secondary N) is 1. The lowest BCUT2D eigenvalue weighted by Crippen LogP contribution is -1.96. The van der Waals surface area contributed by atoms with Gasteiger partial charge >= 0.3 is 0 Å². The third-order valence-electron chi connectivity index (χ3n) is 3.20. The van der Waals surface area contributed by atoms with Crippen LogP contribution < -0.4 is 4.74 Å². The van der Waals surface area contributed by atoms with Crippen LogP contribution >= 0.6 is 0 Å². The summed E-state index contributed by atoms with van der Waals surface area (Å²) in [6, 6.07) is 17.9. The van der Waals surface area contributed by atoms with E-state index in [0.717, 1.165) is 34.6 Å². The van der Waals surface area contributed by atoms with Crippen LogP contribution in [0.4, 0.5) is 0 Å². The molecule has 4 nitrogen and oxygen atoms in total. The topological polar surface area (TPSA) is 61.7 Å². The number of fused-ring (bicyclic) bond motifs is 1. The predicted octanol–water partition coefficient (Wildman–Crippen LogP) is 3.91. The molecule has 0 aliphatic carbocycles. The van der Waals surface area contributed by atoms with Gasteiger partial charge in [-0.1, -0.05) is 24.3 Å². The van der Waals surface area contributed by atoms with E-state index in [1.165, 1.54) is 0 Å². The Morgan fingerprint density at radius 2 is 2.05 bits per heavy atom. The molecule has 0 saturated carbocycles. The molecule has 0 fully saturated rings. The summed E-state index contributed by atoms with van der Waals surface area (Å²) in [5.74, 6) is 1.63. The third kappa shape index (κ3) is 3.03. The van der Waals surface area contributed by atoms with E-state index in [1.807, 2.05) is 48.5 Å². The Bertz CT molecular complexity index is 753. The van der Waals surface area contributed by atoms with E-state index in [2.05, 4.69) is 16.0 Å². The number of aromatic nitrogens is 2. The molecular formula is C17H15N3O. The Morgan fingerprint density at radius 1 is 1.14 bits per heavy atom. The number of benzene rings is 2. The zero-order valence-electron chi connectivity index (χ0n) is 11.5. The number of H-pyrrole nitrogens is 1. The summed E-state index contributed by atoms with van der Waals surface area (Å²) in [7, 11) is 0. The van der Waals surface area contributed by atoms with Crippen LogP contribution in [0.25, 0.3) is 22.4 Å². The van der Waals surface area contributed by atoms with Crippen molar-refractivity contribution in [2.75, 3.05) is 6.61 Å². The maximum Gasteiger partial charge on any atom is 0.138 e. The van der Waals surface area contributed by atoms with Crippen molar-refractivity contribution in [3.8, 4) is 23.2 Å². The molecule has 104 valence electrons. The number of para-hydroxylation sites is 2. The summed E-state index contributed by atoms with van der Waals surface area (Å²) in [5, 5.41) is 8.51. The average Bonchev–Trinajstić information content (AvgIpc) is 2.96. The molecule has 1 aromatic heterocycles. The third-order valence-corrected chi connectivity index (χ3v) is 3.20. The highest BCUT2D eigenvalue weighted by molar-refractivity contribution is 5.79. The predicted molar refractivity (Wildman–Crippen MR) is 81.9 cm³/mol. The van der Waals surface area contributed by atoms with Gasteiger partial charge in [0, 0.05) is 12.0 Å².